The van der Waals surface area contributed by atoms with E-state index in [9.17, 15) is 9.59 Å². The van der Waals surface area contributed by atoms with Crippen LogP contribution in [0.2, 0.25) is 0 Å². The highest BCUT2D eigenvalue weighted by molar-refractivity contribution is 5.94. The Morgan fingerprint density at radius 1 is 0.857 bits per heavy atom. The molecule has 0 aliphatic carbocycles. The van der Waals surface area contributed by atoms with Gasteiger partial charge in [0.2, 0.25) is 11.8 Å². The van der Waals surface area contributed by atoms with Crippen LogP contribution in [0.5, 0.6) is 5.75 Å². The van der Waals surface area contributed by atoms with Gasteiger partial charge in [-0.05, 0) is 60.9 Å². The lowest BCUT2D eigenvalue weighted by molar-refractivity contribution is -0.116. The summed E-state index contributed by atoms with van der Waals surface area (Å²) in [7, 11) is 0. The lowest BCUT2D eigenvalue weighted by Gasteiger charge is -2.11. The van der Waals surface area contributed by atoms with Gasteiger partial charge in [-0.3, -0.25) is 9.59 Å². The van der Waals surface area contributed by atoms with Crippen molar-refractivity contribution < 1.29 is 14.3 Å². The van der Waals surface area contributed by atoms with Gasteiger partial charge in [-0.15, -0.1) is 0 Å². The molecule has 0 spiro atoms. The van der Waals surface area contributed by atoms with Crippen molar-refractivity contribution in [2.45, 2.75) is 33.6 Å². The summed E-state index contributed by atoms with van der Waals surface area (Å²) < 4.78 is 5.68. The highest BCUT2D eigenvalue weighted by Gasteiger charge is 2.04. The summed E-state index contributed by atoms with van der Waals surface area (Å²) >= 11 is 0. The molecule has 0 atom stereocenters. The van der Waals surface area contributed by atoms with Crippen LogP contribution in [0.3, 0.4) is 0 Å². The number of rotatable bonds is 10. The van der Waals surface area contributed by atoms with Crippen LogP contribution < -0.4 is 20.7 Å². The normalized spacial score (nSPS) is 10.4. The van der Waals surface area contributed by atoms with Crippen molar-refractivity contribution in [3.05, 3.63) is 48.5 Å². The summed E-state index contributed by atoms with van der Waals surface area (Å²) in [5, 5.41) is 8.67. The van der Waals surface area contributed by atoms with Crippen LogP contribution in [-0.2, 0) is 9.59 Å². The largest absolute Gasteiger partial charge is 0.494 e. The van der Waals surface area contributed by atoms with E-state index in [1.54, 1.807) is 31.2 Å². The minimum absolute atomic E-state index is 0.0441. The van der Waals surface area contributed by atoms with Crippen molar-refractivity contribution in [2.24, 2.45) is 5.92 Å². The zero-order valence-electron chi connectivity index (χ0n) is 16.7. The molecule has 0 unspecified atom stereocenters. The van der Waals surface area contributed by atoms with Gasteiger partial charge in [-0.25, -0.2) is 0 Å². The molecule has 0 fully saturated rings. The summed E-state index contributed by atoms with van der Waals surface area (Å²) in [6, 6.07) is 14.6. The molecule has 0 aromatic heterocycles. The Hall–Kier alpha value is -3.02. The first kappa shape index (κ1) is 21.3. The van der Waals surface area contributed by atoms with E-state index in [0.717, 1.165) is 17.9 Å². The average molecular weight is 383 g/mol. The second-order valence-corrected chi connectivity index (χ2v) is 6.94. The van der Waals surface area contributed by atoms with Gasteiger partial charge >= 0.3 is 0 Å². The molecule has 2 aromatic carbocycles. The molecular weight excluding hydrogens is 354 g/mol. The Kier molecular flexibility index (Phi) is 8.34. The molecular formula is C22H29N3O3. The van der Waals surface area contributed by atoms with Gasteiger partial charge in [0, 0.05) is 23.5 Å². The fourth-order valence-corrected chi connectivity index (χ4v) is 2.36. The maximum absolute atomic E-state index is 12.1. The lowest BCUT2D eigenvalue weighted by Crippen LogP contribution is -2.21. The van der Waals surface area contributed by atoms with Crippen molar-refractivity contribution >= 4 is 28.9 Å². The van der Waals surface area contributed by atoms with Crippen molar-refractivity contribution in [3.8, 4) is 5.75 Å². The molecule has 0 aliphatic rings. The highest BCUT2D eigenvalue weighted by Crippen LogP contribution is 2.17. The van der Waals surface area contributed by atoms with E-state index in [2.05, 4.69) is 29.8 Å². The Labute approximate surface area is 166 Å². The number of carbonyl (C=O) groups excluding carboxylic acids is 2. The number of carbonyl (C=O) groups is 2. The van der Waals surface area contributed by atoms with E-state index in [1.165, 1.54) is 0 Å². The van der Waals surface area contributed by atoms with Crippen molar-refractivity contribution in [1.29, 1.82) is 0 Å². The molecule has 0 bridgehead atoms. The van der Waals surface area contributed by atoms with E-state index >= 15 is 0 Å². The SMILES string of the molecule is CCC(=O)Nc1ccc(NC(=O)CNc2ccc(OCCC(C)C)cc2)cc1. The van der Waals surface area contributed by atoms with E-state index in [4.69, 9.17) is 4.74 Å². The third-order valence-corrected chi connectivity index (χ3v) is 4.04. The topological polar surface area (TPSA) is 79.5 Å². The van der Waals surface area contributed by atoms with Gasteiger partial charge in [0.05, 0.1) is 13.2 Å². The van der Waals surface area contributed by atoms with Gasteiger partial charge in [0.1, 0.15) is 5.75 Å². The van der Waals surface area contributed by atoms with Crippen LogP contribution in [-0.4, -0.2) is 25.0 Å². The van der Waals surface area contributed by atoms with Crippen LogP contribution >= 0.6 is 0 Å². The number of amides is 2. The van der Waals surface area contributed by atoms with E-state index in [0.29, 0.717) is 30.3 Å². The molecule has 0 saturated carbocycles. The molecule has 0 saturated heterocycles. The van der Waals surface area contributed by atoms with Crippen LogP contribution in [0, 0.1) is 5.92 Å². The van der Waals surface area contributed by atoms with Crippen molar-refractivity contribution in [3.63, 3.8) is 0 Å². The number of ether oxygens (including phenoxy) is 1. The first-order valence-electron chi connectivity index (χ1n) is 9.62. The maximum atomic E-state index is 12.1. The highest BCUT2D eigenvalue weighted by atomic mass is 16.5. The first-order chi connectivity index (χ1) is 13.5. The fraction of sp³-hybridized carbons (Fsp3) is 0.364. The zero-order valence-corrected chi connectivity index (χ0v) is 16.7. The molecule has 6 nitrogen and oxygen atoms in total. The number of hydrogen-bond acceptors (Lipinski definition) is 4. The molecule has 3 N–H and O–H groups in total. The third-order valence-electron chi connectivity index (χ3n) is 4.04. The van der Waals surface area contributed by atoms with Crippen LogP contribution in [0.4, 0.5) is 17.1 Å². The minimum atomic E-state index is -0.150. The van der Waals surface area contributed by atoms with Crippen molar-refractivity contribution in [1.82, 2.24) is 0 Å². The van der Waals surface area contributed by atoms with Crippen LogP contribution in [0.1, 0.15) is 33.6 Å². The second kappa shape index (κ2) is 11.0. The van der Waals surface area contributed by atoms with E-state index in [1.807, 2.05) is 24.3 Å². The molecule has 0 heterocycles. The number of benzene rings is 2. The molecule has 150 valence electrons. The number of anilines is 3. The summed E-state index contributed by atoms with van der Waals surface area (Å²) in [6.45, 7) is 6.99. The van der Waals surface area contributed by atoms with Gasteiger partial charge in [-0.1, -0.05) is 20.8 Å². The summed E-state index contributed by atoms with van der Waals surface area (Å²) in [5.74, 6) is 1.25. The fourth-order valence-electron chi connectivity index (χ4n) is 2.36. The number of nitrogens with one attached hydrogen (secondary N) is 3. The molecule has 6 heteroatoms. The molecule has 2 amide bonds. The Morgan fingerprint density at radius 2 is 1.39 bits per heavy atom. The van der Waals surface area contributed by atoms with Gasteiger partial charge in [0.25, 0.3) is 0 Å². The zero-order chi connectivity index (χ0) is 20.4. The Morgan fingerprint density at radius 3 is 1.93 bits per heavy atom. The minimum Gasteiger partial charge on any atom is -0.494 e. The van der Waals surface area contributed by atoms with E-state index < -0.39 is 0 Å². The summed E-state index contributed by atoms with van der Waals surface area (Å²) in [5.41, 5.74) is 2.23. The Balaban J connectivity index is 1.75. The molecule has 28 heavy (non-hydrogen) atoms. The number of hydrogen-bond donors (Lipinski definition) is 3. The van der Waals surface area contributed by atoms with Crippen LogP contribution in [0.15, 0.2) is 48.5 Å². The molecule has 0 radical (unpaired) electrons. The second-order valence-electron chi connectivity index (χ2n) is 6.94. The summed E-state index contributed by atoms with van der Waals surface area (Å²) in [4.78, 5) is 23.5. The van der Waals surface area contributed by atoms with Crippen LogP contribution in [0.25, 0.3) is 0 Å². The molecule has 0 aliphatic heterocycles. The van der Waals surface area contributed by atoms with Gasteiger partial charge in [0.15, 0.2) is 0 Å². The molecule has 2 rings (SSSR count). The van der Waals surface area contributed by atoms with Gasteiger partial charge in [-0.2, -0.15) is 0 Å². The standard InChI is InChI=1S/C22H29N3O3/c1-4-21(26)24-18-5-7-19(8-6-18)25-22(27)15-23-17-9-11-20(12-10-17)28-14-13-16(2)3/h5-12,16,23H,4,13-15H2,1-3H3,(H,24,26)(H,25,27). The van der Waals surface area contributed by atoms with Crippen molar-refractivity contribution in [2.75, 3.05) is 29.1 Å². The predicted octanol–water partition coefficient (Wildman–Crippen LogP) is 4.51. The predicted molar refractivity (Wildman–Crippen MR) is 114 cm³/mol. The average Bonchev–Trinajstić information content (AvgIpc) is 2.68. The van der Waals surface area contributed by atoms with Gasteiger partial charge < -0.3 is 20.7 Å². The Bertz CT molecular complexity index is 756. The monoisotopic (exact) mass is 383 g/mol. The quantitative estimate of drug-likeness (QED) is 0.564. The lowest BCUT2D eigenvalue weighted by atomic mass is 10.1. The maximum Gasteiger partial charge on any atom is 0.243 e. The first-order valence-corrected chi connectivity index (χ1v) is 9.62. The smallest absolute Gasteiger partial charge is 0.243 e. The summed E-state index contributed by atoms with van der Waals surface area (Å²) in [6.07, 6.45) is 1.45. The third kappa shape index (κ3) is 7.70. The van der Waals surface area contributed by atoms with E-state index in [-0.39, 0.29) is 18.4 Å². The molecule has 2 aromatic rings.